The summed E-state index contributed by atoms with van der Waals surface area (Å²) in [5.41, 5.74) is -0.773. The molecule has 2 rings (SSSR count). The second-order valence-corrected chi connectivity index (χ2v) is 5.90. The van der Waals surface area contributed by atoms with E-state index in [0.29, 0.717) is 22.3 Å². The molecule has 0 saturated heterocycles. The number of rotatable bonds is 6. The van der Waals surface area contributed by atoms with Crippen molar-refractivity contribution in [2.75, 3.05) is 0 Å². The fraction of sp³-hybridized carbons (Fsp3) is 0.235. The van der Waals surface area contributed by atoms with E-state index in [1.165, 1.54) is 0 Å². The van der Waals surface area contributed by atoms with Crippen LogP contribution in [-0.4, -0.2) is 16.7 Å². The second kappa shape index (κ2) is 6.71. The zero-order valence-corrected chi connectivity index (χ0v) is 13.1. The molecule has 0 bridgehead atoms. The van der Waals surface area contributed by atoms with Gasteiger partial charge in [0.2, 0.25) is 0 Å². The van der Waals surface area contributed by atoms with E-state index in [1.807, 2.05) is 0 Å². The van der Waals surface area contributed by atoms with Gasteiger partial charge in [0.1, 0.15) is 22.8 Å². The minimum atomic E-state index is -0.896. The van der Waals surface area contributed by atoms with Gasteiger partial charge in [0.05, 0.1) is 6.42 Å². The molecule has 0 aliphatic heterocycles. The van der Waals surface area contributed by atoms with Crippen LogP contribution in [0.5, 0.6) is 17.2 Å². The summed E-state index contributed by atoms with van der Waals surface area (Å²) in [6, 6.07) is 14.1. The van der Waals surface area contributed by atoms with Crippen LogP contribution in [-0.2, 0) is 4.79 Å². The Kier molecular flexibility index (Phi) is 4.93. The summed E-state index contributed by atoms with van der Waals surface area (Å²) < 4.78 is 11.4. The number of aliphatic carboxylic acids is 1. The number of hydrogen-bond donors (Lipinski definition) is 1. The lowest BCUT2D eigenvalue weighted by atomic mass is 10.1. The number of hydrogen-bond acceptors (Lipinski definition) is 3. The first kappa shape index (κ1) is 16.2. The molecule has 0 amide bonds. The Hall–Kier alpha value is -2.20. The lowest BCUT2D eigenvalue weighted by Crippen LogP contribution is -2.31. The maximum absolute atomic E-state index is 10.8. The predicted molar refractivity (Wildman–Crippen MR) is 84.9 cm³/mol. The number of halogens is 1. The monoisotopic (exact) mass is 320 g/mol. The molecule has 0 spiro atoms. The molecule has 0 aliphatic carbocycles. The zero-order valence-electron chi connectivity index (χ0n) is 12.4. The molecule has 0 unspecified atom stereocenters. The predicted octanol–water partition coefficient (Wildman–Crippen LogP) is 4.76. The number of benzene rings is 2. The summed E-state index contributed by atoms with van der Waals surface area (Å²) >= 11 is 5.82. The number of carboxylic acid groups (broad SMARTS) is 1. The third-order valence-corrected chi connectivity index (χ3v) is 3.10. The van der Waals surface area contributed by atoms with E-state index in [-0.39, 0.29) is 6.42 Å². The summed E-state index contributed by atoms with van der Waals surface area (Å²) in [6.07, 6.45) is -0.0734. The van der Waals surface area contributed by atoms with Gasteiger partial charge in [-0.3, -0.25) is 4.79 Å². The zero-order chi connectivity index (χ0) is 16.2. The Labute approximate surface area is 134 Å². The van der Waals surface area contributed by atoms with Crippen LogP contribution in [0.1, 0.15) is 20.3 Å². The molecule has 0 heterocycles. The first-order valence-electron chi connectivity index (χ1n) is 6.78. The van der Waals surface area contributed by atoms with Gasteiger partial charge in [0.25, 0.3) is 0 Å². The fourth-order valence-electron chi connectivity index (χ4n) is 1.93. The number of carbonyl (C=O) groups is 1. The summed E-state index contributed by atoms with van der Waals surface area (Å²) in [5, 5.41) is 9.50. The third-order valence-electron chi connectivity index (χ3n) is 2.84. The largest absolute Gasteiger partial charge is 0.487 e. The Balaban J connectivity index is 2.01. The van der Waals surface area contributed by atoms with Crippen LogP contribution >= 0.6 is 11.6 Å². The first-order chi connectivity index (χ1) is 10.3. The topological polar surface area (TPSA) is 55.8 Å². The van der Waals surface area contributed by atoms with Crippen LogP contribution in [0.15, 0.2) is 48.5 Å². The van der Waals surface area contributed by atoms with Crippen molar-refractivity contribution in [2.24, 2.45) is 0 Å². The van der Waals surface area contributed by atoms with Gasteiger partial charge in [-0.25, -0.2) is 0 Å². The maximum Gasteiger partial charge on any atom is 0.307 e. The van der Waals surface area contributed by atoms with Gasteiger partial charge in [0, 0.05) is 5.02 Å². The number of ether oxygens (including phenoxy) is 2. The van der Waals surface area contributed by atoms with Crippen molar-refractivity contribution >= 4 is 17.6 Å². The molecule has 0 aliphatic rings. The normalized spacial score (nSPS) is 11.0. The van der Waals surface area contributed by atoms with Gasteiger partial charge in [-0.1, -0.05) is 11.6 Å². The van der Waals surface area contributed by atoms with Crippen molar-refractivity contribution in [3.8, 4) is 17.2 Å². The van der Waals surface area contributed by atoms with Crippen molar-refractivity contribution in [1.29, 1.82) is 0 Å². The lowest BCUT2D eigenvalue weighted by Gasteiger charge is -2.24. The molecular weight excluding hydrogens is 304 g/mol. The van der Waals surface area contributed by atoms with E-state index in [2.05, 4.69) is 0 Å². The quantitative estimate of drug-likeness (QED) is 0.833. The van der Waals surface area contributed by atoms with E-state index < -0.39 is 11.6 Å². The first-order valence-corrected chi connectivity index (χ1v) is 7.16. The van der Waals surface area contributed by atoms with Gasteiger partial charge < -0.3 is 14.6 Å². The van der Waals surface area contributed by atoms with E-state index in [9.17, 15) is 4.79 Å². The second-order valence-electron chi connectivity index (χ2n) is 5.46. The van der Waals surface area contributed by atoms with Crippen molar-refractivity contribution in [1.82, 2.24) is 0 Å². The Morgan fingerprint density at radius 1 is 1.00 bits per heavy atom. The molecule has 0 saturated carbocycles. The fourth-order valence-corrected chi connectivity index (χ4v) is 2.06. The van der Waals surface area contributed by atoms with Gasteiger partial charge in [-0.2, -0.15) is 0 Å². The van der Waals surface area contributed by atoms with Crippen LogP contribution in [0, 0.1) is 0 Å². The minimum Gasteiger partial charge on any atom is -0.487 e. The van der Waals surface area contributed by atoms with Gasteiger partial charge >= 0.3 is 5.97 Å². The lowest BCUT2D eigenvalue weighted by molar-refractivity contribution is -0.140. The highest BCUT2D eigenvalue weighted by Gasteiger charge is 2.23. The average Bonchev–Trinajstić information content (AvgIpc) is 2.42. The summed E-state index contributed by atoms with van der Waals surface area (Å²) in [6.45, 7) is 3.47. The van der Waals surface area contributed by atoms with Gasteiger partial charge in [-0.15, -0.1) is 0 Å². The van der Waals surface area contributed by atoms with Crippen LogP contribution in [0.25, 0.3) is 0 Å². The standard InChI is InChI=1S/C17H17ClO4/c1-17(2,11-16(19)20)22-15-9-7-14(8-10-15)21-13-5-3-12(18)4-6-13/h3-10H,11H2,1-2H3,(H,19,20). The Morgan fingerprint density at radius 2 is 1.45 bits per heavy atom. The smallest absolute Gasteiger partial charge is 0.307 e. The van der Waals surface area contributed by atoms with Gasteiger partial charge in [-0.05, 0) is 62.4 Å². The highest BCUT2D eigenvalue weighted by atomic mass is 35.5. The van der Waals surface area contributed by atoms with Gasteiger partial charge in [0.15, 0.2) is 0 Å². The van der Waals surface area contributed by atoms with Crippen LogP contribution in [0.4, 0.5) is 0 Å². The van der Waals surface area contributed by atoms with Crippen molar-refractivity contribution < 1.29 is 19.4 Å². The SMILES string of the molecule is CC(C)(CC(=O)O)Oc1ccc(Oc2ccc(Cl)cc2)cc1. The number of carboxylic acids is 1. The molecular formula is C17H17ClO4. The molecule has 22 heavy (non-hydrogen) atoms. The van der Waals surface area contributed by atoms with Crippen molar-refractivity contribution in [3.63, 3.8) is 0 Å². The molecule has 0 radical (unpaired) electrons. The van der Waals surface area contributed by atoms with E-state index in [4.69, 9.17) is 26.2 Å². The summed E-state index contributed by atoms with van der Waals surface area (Å²) in [4.78, 5) is 10.8. The molecule has 2 aromatic rings. The molecule has 4 nitrogen and oxygen atoms in total. The Bertz CT molecular complexity index is 633. The van der Waals surface area contributed by atoms with Crippen molar-refractivity contribution in [2.45, 2.75) is 25.9 Å². The third kappa shape index (κ3) is 4.97. The molecule has 116 valence electrons. The summed E-state index contributed by atoms with van der Waals surface area (Å²) in [5.74, 6) is 1.04. The molecule has 0 atom stereocenters. The van der Waals surface area contributed by atoms with E-state index in [0.717, 1.165) is 0 Å². The van der Waals surface area contributed by atoms with Crippen LogP contribution in [0.2, 0.25) is 5.02 Å². The average molecular weight is 321 g/mol. The maximum atomic E-state index is 10.8. The van der Waals surface area contributed by atoms with Crippen molar-refractivity contribution in [3.05, 3.63) is 53.6 Å². The Morgan fingerprint density at radius 3 is 1.95 bits per heavy atom. The molecule has 0 aromatic heterocycles. The van der Waals surface area contributed by atoms with E-state index in [1.54, 1.807) is 62.4 Å². The molecule has 2 aromatic carbocycles. The van der Waals surface area contributed by atoms with E-state index >= 15 is 0 Å². The molecule has 0 fully saturated rings. The minimum absolute atomic E-state index is 0.0734. The van der Waals surface area contributed by atoms with Crippen LogP contribution < -0.4 is 9.47 Å². The molecule has 1 N–H and O–H groups in total. The highest BCUT2D eigenvalue weighted by Crippen LogP contribution is 2.27. The summed E-state index contributed by atoms with van der Waals surface area (Å²) in [7, 11) is 0. The van der Waals surface area contributed by atoms with Crippen LogP contribution in [0.3, 0.4) is 0 Å². The highest BCUT2D eigenvalue weighted by molar-refractivity contribution is 6.30. The molecule has 5 heteroatoms.